The predicted molar refractivity (Wildman–Crippen MR) is 94.6 cm³/mol. The molecule has 1 atom stereocenters. The molecule has 1 N–H and O–H groups in total. The third-order valence-electron chi connectivity index (χ3n) is 4.54. The second-order valence-corrected chi connectivity index (χ2v) is 6.53. The number of hydrogen-bond donors (Lipinski definition) is 1. The Morgan fingerprint density at radius 1 is 1.46 bits per heavy atom. The SMILES string of the molecule is CC[C@@H]1CCCCN1CCCNC(=O)c1ccc([N+](=O)[O-])cc1Cl. The van der Waals surface area contributed by atoms with Crippen LogP contribution in [0.2, 0.25) is 5.02 Å². The van der Waals surface area contributed by atoms with Crippen LogP contribution in [0.15, 0.2) is 18.2 Å². The summed E-state index contributed by atoms with van der Waals surface area (Å²) in [5.74, 6) is -0.291. The zero-order valence-electron chi connectivity index (χ0n) is 14.0. The molecular weight excluding hydrogens is 330 g/mol. The number of nitrogens with one attached hydrogen (secondary N) is 1. The van der Waals surface area contributed by atoms with E-state index in [-0.39, 0.29) is 22.2 Å². The maximum Gasteiger partial charge on any atom is 0.270 e. The minimum absolute atomic E-state index is 0.101. The molecule has 24 heavy (non-hydrogen) atoms. The van der Waals surface area contributed by atoms with E-state index in [9.17, 15) is 14.9 Å². The zero-order chi connectivity index (χ0) is 17.5. The van der Waals surface area contributed by atoms with Crippen molar-refractivity contribution in [3.63, 3.8) is 0 Å². The van der Waals surface area contributed by atoms with Gasteiger partial charge in [0.25, 0.3) is 11.6 Å². The van der Waals surface area contributed by atoms with Crippen molar-refractivity contribution in [2.24, 2.45) is 0 Å². The number of carbonyl (C=O) groups excluding carboxylic acids is 1. The monoisotopic (exact) mass is 353 g/mol. The Bertz CT molecular complexity index is 594. The minimum atomic E-state index is -0.531. The average Bonchev–Trinajstić information content (AvgIpc) is 2.58. The molecule has 1 aliphatic rings. The Labute approximate surface area is 147 Å². The summed E-state index contributed by atoms with van der Waals surface area (Å²) < 4.78 is 0. The van der Waals surface area contributed by atoms with E-state index in [1.807, 2.05) is 0 Å². The van der Waals surface area contributed by atoms with Crippen LogP contribution in [0, 0.1) is 10.1 Å². The van der Waals surface area contributed by atoms with E-state index in [0.29, 0.717) is 12.6 Å². The van der Waals surface area contributed by atoms with Crippen molar-refractivity contribution < 1.29 is 9.72 Å². The van der Waals surface area contributed by atoms with Crippen molar-refractivity contribution in [3.05, 3.63) is 38.9 Å². The highest BCUT2D eigenvalue weighted by Gasteiger charge is 2.20. The molecule has 1 heterocycles. The molecule has 0 saturated carbocycles. The highest BCUT2D eigenvalue weighted by molar-refractivity contribution is 6.34. The normalized spacial score (nSPS) is 18.3. The van der Waals surface area contributed by atoms with Gasteiger partial charge >= 0.3 is 0 Å². The topological polar surface area (TPSA) is 75.5 Å². The van der Waals surface area contributed by atoms with Gasteiger partial charge < -0.3 is 10.2 Å². The quantitative estimate of drug-likeness (QED) is 0.461. The molecule has 0 aromatic heterocycles. The van der Waals surface area contributed by atoms with Gasteiger partial charge in [0.05, 0.1) is 15.5 Å². The molecular formula is C17H24ClN3O3. The van der Waals surface area contributed by atoms with Crippen molar-refractivity contribution in [3.8, 4) is 0 Å². The Balaban J connectivity index is 1.80. The van der Waals surface area contributed by atoms with Gasteiger partial charge in [-0.05, 0) is 38.3 Å². The molecule has 132 valence electrons. The van der Waals surface area contributed by atoms with Crippen LogP contribution in [0.25, 0.3) is 0 Å². The summed E-state index contributed by atoms with van der Waals surface area (Å²) in [5.41, 5.74) is 0.152. The summed E-state index contributed by atoms with van der Waals surface area (Å²) in [6.45, 7) is 4.91. The first kappa shape index (κ1) is 18.7. The Hall–Kier alpha value is -1.66. The third-order valence-corrected chi connectivity index (χ3v) is 4.85. The van der Waals surface area contributed by atoms with Crippen molar-refractivity contribution >= 4 is 23.2 Å². The Kier molecular flexibility index (Phi) is 6.99. The number of piperidine rings is 1. The standard InChI is InChI=1S/C17H24ClN3O3/c1-2-13-6-3-4-10-20(13)11-5-9-19-17(22)15-8-7-14(21(23)24)12-16(15)18/h7-8,12-13H,2-6,9-11H2,1H3,(H,19,22)/t13-/m1/s1. The summed E-state index contributed by atoms with van der Waals surface area (Å²) in [4.78, 5) is 24.8. The molecule has 0 bridgehead atoms. The molecule has 1 aliphatic heterocycles. The molecule has 1 aromatic rings. The van der Waals surface area contributed by atoms with Crippen LogP contribution in [0.4, 0.5) is 5.69 Å². The largest absolute Gasteiger partial charge is 0.352 e. The van der Waals surface area contributed by atoms with Gasteiger partial charge in [-0.3, -0.25) is 14.9 Å². The molecule has 0 spiro atoms. The summed E-state index contributed by atoms with van der Waals surface area (Å²) in [6, 6.07) is 4.56. The van der Waals surface area contributed by atoms with E-state index in [1.165, 1.54) is 43.9 Å². The van der Waals surface area contributed by atoms with Crippen LogP contribution in [-0.4, -0.2) is 41.4 Å². The van der Waals surface area contributed by atoms with E-state index in [4.69, 9.17) is 11.6 Å². The molecule has 1 saturated heterocycles. The van der Waals surface area contributed by atoms with Crippen LogP contribution in [0.1, 0.15) is 49.4 Å². The maximum absolute atomic E-state index is 12.1. The van der Waals surface area contributed by atoms with Gasteiger partial charge in [-0.25, -0.2) is 0 Å². The van der Waals surface area contributed by atoms with Crippen molar-refractivity contribution in [2.75, 3.05) is 19.6 Å². The second kappa shape index (κ2) is 8.99. The molecule has 0 unspecified atom stereocenters. The van der Waals surface area contributed by atoms with Crippen molar-refractivity contribution in [2.45, 2.75) is 45.1 Å². The summed E-state index contributed by atoms with van der Waals surface area (Å²) in [6.07, 6.45) is 5.88. The van der Waals surface area contributed by atoms with E-state index in [2.05, 4.69) is 17.1 Å². The predicted octanol–water partition coefficient (Wildman–Crippen LogP) is 3.63. The maximum atomic E-state index is 12.1. The van der Waals surface area contributed by atoms with Gasteiger partial charge in [0, 0.05) is 31.3 Å². The highest BCUT2D eigenvalue weighted by atomic mass is 35.5. The number of nitrogens with zero attached hydrogens (tertiary/aromatic N) is 2. The number of nitro benzene ring substituents is 1. The first-order valence-electron chi connectivity index (χ1n) is 8.49. The minimum Gasteiger partial charge on any atom is -0.352 e. The number of likely N-dealkylation sites (tertiary alicyclic amines) is 1. The van der Waals surface area contributed by atoms with Crippen molar-refractivity contribution in [1.29, 1.82) is 0 Å². The van der Waals surface area contributed by atoms with Gasteiger partial charge in [-0.2, -0.15) is 0 Å². The summed E-state index contributed by atoms with van der Waals surface area (Å²) in [5, 5.41) is 13.6. The summed E-state index contributed by atoms with van der Waals surface area (Å²) in [7, 11) is 0. The lowest BCUT2D eigenvalue weighted by Crippen LogP contribution is -2.40. The lowest BCUT2D eigenvalue weighted by molar-refractivity contribution is -0.384. The number of carbonyl (C=O) groups is 1. The number of benzene rings is 1. The molecule has 1 aromatic carbocycles. The van der Waals surface area contributed by atoms with E-state index < -0.39 is 4.92 Å². The molecule has 2 rings (SSSR count). The fraction of sp³-hybridized carbons (Fsp3) is 0.588. The highest BCUT2D eigenvalue weighted by Crippen LogP contribution is 2.22. The van der Waals surface area contributed by atoms with Crippen LogP contribution < -0.4 is 5.32 Å². The molecule has 1 amide bonds. The molecule has 7 heteroatoms. The van der Waals surface area contributed by atoms with Gasteiger partial charge in [-0.15, -0.1) is 0 Å². The second-order valence-electron chi connectivity index (χ2n) is 6.12. The molecule has 1 fully saturated rings. The lowest BCUT2D eigenvalue weighted by atomic mass is 10.00. The van der Waals surface area contributed by atoms with E-state index in [1.54, 1.807) is 0 Å². The third kappa shape index (κ3) is 4.92. The van der Waals surface area contributed by atoms with Crippen LogP contribution in [0.5, 0.6) is 0 Å². The van der Waals surface area contributed by atoms with Gasteiger partial charge in [-0.1, -0.05) is 24.9 Å². The lowest BCUT2D eigenvalue weighted by Gasteiger charge is -2.35. The molecule has 0 aliphatic carbocycles. The van der Waals surface area contributed by atoms with Crippen molar-refractivity contribution in [1.82, 2.24) is 10.2 Å². The smallest absolute Gasteiger partial charge is 0.270 e. The van der Waals surface area contributed by atoms with Crippen LogP contribution in [0.3, 0.4) is 0 Å². The number of rotatable bonds is 7. The molecule has 0 radical (unpaired) electrons. The van der Waals surface area contributed by atoms with Crippen LogP contribution in [-0.2, 0) is 0 Å². The van der Waals surface area contributed by atoms with E-state index in [0.717, 1.165) is 19.5 Å². The fourth-order valence-electron chi connectivity index (χ4n) is 3.20. The van der Waals surface area contributed by atoms with Gasteiger partial charge in [0.15, 0.2) is 0 Å². The van der Waals surface area contributed by atoms with Crippen LogP contribution >= 0.6 is 11.6 Å². The van der Waals surface area contributed by atoms with E-state index >= 15 is 0 Å². The number of non-ortho nitro benzene ring substituents is 1. The average molecular weight is 354 g/mol. The number of hydrogen-bond acceptors (Lipinski definition) is 4. The summed E-state index contributed by atoms with van der Waals surface area (Å²) >= 11 is 5.97. The number of halogens is 1. The fourth-order valence-corrected chi connectivity index (χ4v) is 3.46. The number of amides is 1. The Morgan fingerprint density at radius 2 is 2.25 bits per heavy atom. The zero-order valence-corrected chi connectivity index (χ0v) is 14.7. The van der Waals surface area contributed by atoms with Gasteiger partial charge in [0.2, 0.25) is 0 Å². The number of nitro groups is 1. The first-order valence-corrected chi connectivity index (χ1v) is 8.87. The molecule has 6 nitrogen and oxygen atoms in total. The van der Waals surface area contributed by atoms with Gasteiger partial charge in [0.1, 0.15) is 0 Å². The Morgan fingerprint density at radius 3 is 2.92 bits per heavy atom. The first-order chi connectivity index (χ1) is 11.5.